The van der Waals surface area contributed by atoms with Crippen LogP contribution in [0.3, 0.4) is 0 Å². The van der Waals surface area contributed by atoms with Gasteiger partial charge in [0.15, 0.2) is 0 Å². The van der Waals surface area contributed by atoms with E-state index in [9.17, 15) is 0 Å². The minimum absolute atomic E-state index is 0.00192. The third kappa shape index (κ3) is 3.33. The Bertz CT molecular complexity index is 603. The predicted molar refractivity (Wildman–Crippen MR) is 79.9 cm³/mol. The molecule has 2 N–H and O–H groups in total. The van der Waals surface area contributed by atoms with Gasteiger partial charge in [0.05, 0.1) is 11.9 Å². The van der Waals surface area contributed by atoms with Crippen LogP contribution in [0.15, 0.2) is 30.6 Å². The number of nitrogens with zero attached hydrogens (tertiary/aromatic N) is 2. The van der Waals surface area contributed by atoms with Gasteiger partial charge in [-0.15, -0.1) is 0 Å². The molecule has 4 heteroatoms. The van der Waals surface area contributed by atoms with E-state index in [1.165, 1.54) is 0 Å². The normalized spacial score (nSPS) is 11.4. The third-order valence-corrected chi connectivity index (χ3v) is 3.03. The van der Waals surface area contributed by atoms with Crippen molar-refractivity contribution in [1.29, 1.82) is 0 Å². The molecular weight excluding hydrogens is 250 g/mol. The maximum Gasteiger partial charge on any atom is 0.238 e. The highest BCUT2D eigenvalue weighted by molar-refractivity contribution is 5.42. The Kier molecular flexibility index (Phi) is 4.04. The quantitative estimate of drug-likeness (QED) is 0.930. The van der Waals surface area contributed by atoms with Crippen molar-refractivity contribution in [2.24, 2.45) is 5.73 Å². The molecule has 0 atom stereocenters. The van der Waals surface area contributed by atoms with Crippen LogP contribution in [0, 0.1) is 6.92 Å². The summed E-state index contributed by atoms with van der Waals surface area (Å²) in [6.07, 6.45) is 3.25. The molecule has 0 bridgehead atoms. The lowest BCUT2D eigenvalue weighted by Crippen LogP contribution is -2.13. The fraction of sp³-hybridized carbons (Fsp3) is 0.375. The molecule has 0 saturated carbocycles. The molecule has 0 saturated heterocycles. The molecule has 0 amide bonds. The molecule has 1 aromatic heterocycles. The fourth-order valence-corrected chi connectivity index (χ4v) is 1.98. The number of rotatable bonds is 3. The van der Waals surface area contributed by atoms with Gasteiger partial charge in [-0.1, -0.05) is 32.9 Å². The maximum atomic E-state index is 5.93. The molecule has 2 aromatic rings. The van der Waals surface area contributed by atoms with Crippen LogP contribution in [0.1, 0.15) is 37.6 Å². The first-order chi connectivity index (χ1) is 9.40. The third-order valence-electron chi connectivity index (χ3n) is 3.03. The number of aryl methyl sites for hydroxylation is 1. The molecule has 1 heterocycles. The van der Waals surface area contributed by atoms with E-state index in [-0.39, 0.29) is 5.41 Å². The number of ether oxygens (including phenoxy) is 1. The Morgan fingerprint density at radius 2 is 1.95 bits per heavy atom. The number of hydrogen-bond donors (Lipinski definition) is 1. The van der Waals surface area contributed by atoms with E-state index in [4.69, 9.17) is 10.5 Å². The largest absolute Gasteiger partial charge is 0.437 e. The zero-order valence-electron chi connectivity index (χ0n) is 12.5. The van der Waals surface area contributed by atoms with Crippen LogP contribution in [0.2, 0.25) is 0 Å². The first-order valence-corrected chi connectivity index (χ1v) is 6.70. The summed E-state index contributed by atoms with van der Waals surface area (Å²) >= 11 is 0. The van der Waals surface area contributed by atoms with E-state index in [1.54, 1.807) is 12.4 Å². The van der Waals surface area contributed by atoms with E-state index in [1.807, 2.05) is 13.0 Å². The van der Waals surface area contributed by atoms with E-state index in [2.05, 4.69) is 42.9 Å². The monoisotopic (exact) mass is 271 g/mol. The topological polar surface area (TPSA) is 61.0 Å². The van der Waals surface area contributed by atoms with Crippen LogP contribution in [0.4, 0.5) is 0 Å². The Balaban J connectivity index is 2.39. The molecule has 4 nitrogen and oxygen atoms in total. The Hall–Kier alpha value is -1.94. The van der Waals surface area contributed by atoms with E-state index >= 15 is 0 Å². The van der Waals surface area contributed by atoms with Gasteiger partial charge >= 0.3 is 0 Å². The lowest BCUT2D eigenvalue weighted by molar-refractivity contribution is 0.435. The van der Waals surface area contributed by atoms with Gasteiger partial charge in [-0.05, 0) is 24.0 Å². The number of benzene rings is 1. The highest BCUT2D eigenvalue weighted by atomic mass is 16.5. The molecule has 2 rings (SSSR count). The molecule has 0 aliphatic rings. The second-order valence-corrected chi connectivity index (χ2v) is 5.90. The van der Waals surface area contributed by atoms with Crippen molar-refractivity contribution < 1.29 is 4.74 Å². The first kappa shape index (κ1) is 14.5. The molecule has 106 valence electrons. The fourth-order valence-electron chi connectivity index (χ4n) is 1.98. The van der Waals surface area contributed by atoms with E-state index in [0.717, 1.165) is 16.9 Å². The molecule has 20 heavy (non-hydrogen) atoms. The minimum Gasteiger partial charge on any atom is -0.437 e. The van der Waals surface area contributed by atoms with Crippen LogP contribution < -0.4 is 10.5 Å². The maximum absolute atomic E-state index is 5.93. The second-order valence-electron chi connectivity index (χ2n) is 5.90. The molecule has 0 unspecified atom stereocenters. The molecule has 0 spiro atoms. The molecule has 1 aromatic carbocycles. The van der Waals surface area contributed by atoms with E-state index in [0.29, 0.717) is 18.1 Å². The summed E-state index contributed by atoms with van der Waals surface area (Å²) in [5.74, 6) is 1.30. The highest BCUT2D eigenvalue weighted by Crippen LogP contribution is 2.34. The summed E-state index contributed by atoms with van der Waals surface area (Å²) in [5.41, 5.74) is 8.59. The summed E-state index contributed by atoms with van der Waals surface area (Å²) < 4.78 is 5.93. The van der Waals surface area contributed by atoms with E-state index < -0.39 is 0 Å². The second kappa shape index (κ2) is 5.59. The van der Waals surface area contributed by atoms with Gasteiger partial charge in [-0.25, -0.2) is 4.98 Å². The summed E-state index contributed by atoms with van der Waals surface area (Å²) in [4.78, 5) is 8.43. The SMILES string of the molecule is Cc1ccc(C(C)(C)C)c(Oc2cncc(CN)n2)c1. The van der Waals surface area contributed by atoms with Crippen LogP contribution in [0.5, 0.6) is 11.6 Å². The zero-order valence-corrected chi connectivity index (χ0v) is 12.5. The Labute approximate surface area is 120 Å². The van der Waals surface area contributed by atoms with Crippen LogP contribution in [-0.2, 0) is 12.0 Å². The van der Waals surface area contributed by atoms with Crippen molar-refractivity contribution in [1.82, 2.24) is 9.97 Å². The smallest absolute Gasteiger partial charge is 0.238 e. The van der Waals surface area contributed by atoms with Crippen molar-refractivity contribution in [2.75, 3.05) is 0 Å². The Morgan fingerprint density at radius 3 is 2.60 bits per heavy atom. The van der Waals surface area contributed by atoms with Gasteiger partial charge in [0.1, 0.15) is 5.75 Å². The van der Waals surface area contributed by atoms with Crippen molar-refractivity contribution >= 4 is 0 Å². The highest BCUT2D eigenvalue weighted by Gasteiger charge is 2.19. The lowest BCUT2D eigenvalue weighted by atomic mass is 9.86. The minimum atomic E-state index is 0.00192. The van der Waals surface area contributed by atoms with Crippen molar-refractivity contribution in [3.63, 3.8) is 0 Å². The Morgan fingerprint density at radius 1 is 1.20 bits per heavy atom. The van der Waals surface area contributed by atoms with Gasteiger partial charge in [0, 0.05) is 18.3 Å². The van der Waals surface area contributed by atoms with Gasteiger partial charge in [0.25, 0.3) is 0 Å². The number of nitrogens with two attached hydrogens (primary N) is 1. The van der Waals surface area contributed by atoms with Crippen LogP contribution >= 0.6 is 0 Å². The van der Waals surface area contributed by atoms with Crippen LogP contribution in [-0.4, -0.2) is 9.97 Å². The summed E-state index contributed by atoms with van der Waals surface area (Å²) in [5, 5.41) is 0. The average molecular weight is 271 g/mol. The van der Waals surface area contributed by atoms with Crippen molar-refractivity contribution in [3.05, 3.63) is 47.4 Å². The number of aromatic nitrogens is 2. The average Bonchev–Trinajstić information content (AvgIpc) is 2.37. The van der Waals surface area contributed by atoms with Gasteiger partial charge in [-0.3, -0.25) is 4.98 Å². The summed E-state index contributed by atoms with van der Waals surface area (Å²) in [7, 11) is 0. The molecule has 0 aliphatic heterocycles. The number of hydrogen-bond acceptors (Lipinski definition) is 4. The summed E-state index contributed by atoms with van der Waals surface area (Å²) in [6, 6.07) is 6.22. The van der Waals surface area contributed by atoms with Gasteiger partial charge in [0.2, 0.25) is 5.88 Å². The first-order valence-electron chi connectivity index (χ1n) is 6.70. The predicted octanol–water partition coefficient (Wildman–Crippen LogP) is 3.33. The van der Waals surface area contributed by atoms with Crippen LogP contribution in [0.25, 0.3) is 0 Å². The van der Waals surface area contributed by atoms with Gasteiger partial charge in [-0.2, -0.15) is 0 Å². The van der Waals surface area contributed by atoms with Crippen molar-refractivity contribution in [2.45, 2.75) is 39.7 Å². The molecule has 0 fully saturated rings. The molecule has 0 radical (unpaired) electrons. The standard InChI is InChI=1S/C16H21N3O/c1-11-5-6-13(16(2,3)4)14(7-11)20-15-10-18-9-12(8-17)19-15/h5-7,9-10H,8,17H2,1-4H3. The summed E-state index contributed by atoms with van der Waals surface area (Å²) in [6.45, 7) is 8.87. The molecular formula is C16H21N3O. The molecule has 0 aliphatic carbocycles. The zero-order chi connectivity index (χ0) is 14.8. The van der Waals surface area contributed by atoms with Crippen molar-refractivity contribution in [3.8, 4) is 11.6 Å². The lowest BCUT2D eigenvalue weighted by Gasteiger charge is -2.22. The van der Waals surface area contributed by atoms with Gasteiger partial charge < -0.3 is 10.5 Å².